The van der Waals surface area contributed by atoms with Crippen LogP contribution in [0.5, 0.6) is 5.88 Å². The van der Waals surface area contributed by atoms with Gasteiger partial charge in [-0.15, -0.1) is 0 Å². The number of ether oxygens (including phenoxy) is 1. The second-order valence-corrected chi connectivity index (χ2v) is 2.95. The van der Waals surface area contributed by atoms with Crippen LogP contribution in [-0.2, 0) is 4.79 Å². The Balaban J connectivity index is 2.53. The maximum absolute atomic E-state index is 10.6. The van der Waals surface area contributed by atoms with Gasteiger partial charge in [-0.25, -0.2) is 4.98 Å². The molecule has 0 radical (unpaired) electrons. The third kappa shape index (κ3) is 3.70. The fourth-order valence-electron chi connectivity index (χ4n) is 0.944. The van der Waals surface area contributed by atoms with Gasteiger partial charge >= 0.3 is 0 Å². The van der Waals surface area contributed by atoms with Crippen molar-refractivity contribution in [1.29, 1.82) is 0 Å². The van der Waals surface area contributed by atoms with Crippen molar-refractivity contribution >= 4 is 11.9 Å². The summed E-state index contributed by atoms with van der Waals surface area (Å²) < 4.78 is 5.16. The zero-order valence-corrected chi connectivity index (χ0v) is 8.88. The Morgan fingerprint density at radius 2 is 2.50 bits per heavy atom. The molecule has 1 unspecified atom stereocenters. The van der Waals surface area contributed by atoms with Crippen LogP contribution in [0.4, 0.5) is 5.95 Å². The molecule has 0 aliphatic carbocycles. The Bertz CT molecular complexity index is 358. The normalized spacial score (nSPS) is 11.9. The Hall–Kier alpha value is -1.89. The van der Waals surface area contributed by atoms with E-state index in [9.17, 15) is 4.79 Å². The highest BCUT2D eigenvalue weighted by Crippen LogP contribution is 2.07. The standard InChI is InChI=1S/C9H14N4O3/c1-2-16-7-3-4-11-9(13-7)12-5-6(14)8(10)15/h3-4,6,14H,2,5H2,1H3,(H2,10,15)(H,11,12,13). The first kappa shape index (κ1) is 12.2. The summed E-state index contributed by atoms with van der Waals surface area (Å²) >= 11 is 0. The van der Waals surface area contributed by atoms with Crippen LogP contribution >= 0.6 is 0 Å². The van der Waals surface area contributed by atoms with E-state index < -0.39 is 12.0 Å². The second-order valence-electron chi connectivity index (χ2n) is 2.95. The van der Waals surface area contributed by atoms with Gasteiger partial charge in [-0.3, -0.25) is 4.79 Å². The molecule has 0 bridgehead atoms. The number of nitrogens with one attached hydrogen (secondary N) is 1. The van der Waals surface area contributed by atoms with Crippen molar-refractivity contribution in [1.82, 2.24) is 9.97 Å². The monoisotopic (exact) mass is 226 g/mol. The van der Waals surface area contributed by atoms with Gasteiger partial charge in [0.05, 0.1) is 13.2 Å². The molecule has 1 aromatic rings. The average molecular weight is 226 g/mol. The van der Waals surface area contributed by atoms with Gasteiger partial charge in [-0.1, -0.05) is 0 Å². The quantitative estimate of drug-likeness (QED) is 0.581. The molecule has 1 amide bonds. The first-order valence-corrected chi connectivity index (χ1v) is 4.80. The van der Waals surface area contributed by atoms with Crippen molar-refractivity contribution in [2.45, 2.75) is 13.0 Å². The second kappa shape index (κ2) is 5.86. The molecule has 1 atom stereocenters. The third-order valence-electron chi connectivity index (χ3n) is 1.70. The Kier molecular flexibility index (Phi) is 4.46. The molecule has 16 heavy (non-hydrogen) atoms. The molecule has 7 nitrogen and oxygen atoms in total. The average Bonchev–Trinajstić information content (AvgIpc) is 2.26. The maximum atomic E-state index is 10.6. The fourth-order valence-corrected chi connectivity index (χ4v) is 0.944. The fraction of sp³-hybridized carbons (Fsp3) is 0.444. The minimum Gasteiger partial charge on any atom is -0.478 e. The van der Waals surface area contributed by atoms with Crippen LogP contribution in [0.25, 0.3) is 0 Å². The number of nitrogens with two attached hydrogens (primary N) is 1. The van der Waals surface area contributed by atoms with Crippen molar-refractivity contribution < 1.29 is 14.6 Å². The molecule has 1 aromatic heterocycles. The van der Waals surface area contributed by atoms with E-state index in [0.717, 1.165) is 0 Å². The molecule has 1 heterocycles. The molecule has 0 spiro atoms. The molecule has 0 saturated heterocycles. The van der Waals surface area contributed by atoms with Crippen molar-refractivity contribution in [2.75, 3.05) is 18.5 Å². The summed E-state index contributed by atoms with van der Waals surface area (Å²) in [6, 6.07) is 1.61. The highest BCUT2D eigenvalue weighted by molar-refractivity contribution is 5.79. The number of hydrogen-bond acceptors (Lipinski definition) is 6. The van der Waals surface area contributed by atoms with Crippen LogP contribution in [-0.4, -0.2) is 40.2 Å². The van der Waals surface area contributed by atoms with Gasteiger partial charge in [-0.2, -0.15) is 4.98 Å². The molecule has 0 aliphatic heterocycles. The lowest BCUT2D eigenvalue weighted by molar-refractivity contribution is -0.125. The minimum absolute atomic E-state index is 0.0368. The molecule has 7 heteroatoms. The SMILES string of the molecule is CCOc1ccnc(NCC(O)C(N)=O)n1. The number of carbonyl (C=O) groups excluding carboxylic acids is 1. The van der Waals surface area contributed by atoms with Crippen LogP contribution in [0.1, 0.15) is 6.92 Å². The highest BCUT2D eigenvalue weighted by atomic mass is 16.5. The number of aromatic nitrogens is 2. The molecule has 0 fully saturated rings. The number of nitrogens with zero attached hydrogens (tertiary/aromatic N) is 2. The van der Waals surface area contributed by atoms with E-state index in [2.05, 4.69) is 15.3 Å². The van der Waals surface area contributed by atoms with E-state index in [1.807, 2.05) is 6.92 Å². The van der Waals surface area contributed by atoms with Crippen molar-refractivity contribution in [3.8, 4) is 5.88 Å². The first-order chi connectivity index (χ1) is 7.63. The lowest BCUT2D eigenvalue weighted by Gasteiger charge is -2.08. The van der Waals surface area contributed by atoms with Gasteiger partial charge in [0.15, 0.2) is 0 Å². The lowest BCUT2D eigenvalue weighted by Crippen LogP contribution is -2.34. The molecule has 0 saturated carbocycles. The predicted molar refractivity (Wildman–Crippen MR) is 56.9 cm³/mol. The Morgan fingerprint density at radius 3 is 3.12 bits per heavy atom. The minimum atomic E-state index is -1.26. The largest absolute Gasteiger partial charge is 0.478 e. The zero-order valence-electron chi connectivity index (χ0n) is 8.88. The summed E-state index contributed by atoms with van der Waals surface area (Å²) in [4.78, 5) is 18.4. The highest BCUT2D eigenvalue weighted by Gasteiger charge is 2.10. The smallest absolute Gasteiger partial charge is 0.248 e. The van der Waals surface area contributed by atoms with Crippen molar-refractivity contribution in [3.63, 3.8) is 0 Å². The summed E-state index contributed by atoms with van der Waals surface area (Å²) in [6.45, 7) is 2.30. The van der Waals surface area contributed by atoms with Gasteiger partial charge in [0.1, 0.15) is 6.10 Å². The number of hydrogen-bond donors (Lipinski definition) is 3. The first-order valence-electron chi connectivity index (χ1n) is 4.80. The number of primary amides is 1. The summed E-state index contributed by atoms with van der Waals surface area (Å²) in [6.07, 6.45) is 0.246. The number of rotatable bonds is 6. The Morgan fingerprint density at radius 1 is 1.75 bits per heavy atom. The maximum Gasteiger partial charge on any atom is 0.248 e. The third-order valence-corrected chi connectivity index (χ3v) is 1.70. The van der Waals surface area contributed by atoms with Crippen molar-refractivity contribution in [3.05, 3.63) is 12.3 Å². The number of carbonyl (C=O) groups is 1. The Labute approximate surface area is 92.7 Å². The summed E-state index contributed by atoms with van der Waals surface area (Å²) in [5, 5.41) is 11.8. The van der Waals surface area contributed by atoms with Crippen LogP contribution in [0.15, 0.2) is 12.3 Å². The molecular formula is C9H14N4O3. The van der Waals surface area contributed by atoms with E-state index in [1.54, 1.807) is 6.07 Å². The van der Waals surface area contributed by atoms with Crippen molar-refractivity contribution in [2.24, 2.45) is 5.73 Å². The van der Waals surface area contributed by atoms with E-state index in [0.29, 0.717) is 12.5 Å². The molecular weight excluding hydrogens is 212 g/mol. The number of aliphatic hydroxyl groups is 1. The summed E-state index contributed by atoms with van der Waals surface area (Å²) in [5.74, 6) is -0.103. The lowest BCUT2D eigenvalue weighted by atomic mass is 10.3. The van der Waals surface area contributed by atoms with E-state index >= 15 is 0 Å². The topological polar surface area (TPSA) is 110 Å². The zero-order chi connectivity index (χ0) is 12.0. The summed E-state index contributed by atoms with van der Waals surface area (Å²) in [7, 11) is 0. The van der Waals surface area contributed by atoms with Gasteiger partial charge in [-0.05, 0) is 6.92 Å². The molecule has 0 aromatic carbocycles. The van der Waals surface area contributed by atoms with Gasteiger partial charge in [0.2, 0.25) is 17.7 Å². The number of amides is 1. The van der Waals surface area contributed by atoms with Crippen LogP contribution in [0.2, 0.25) is 0 Å². The molecule has 88 valence electrons. The van der Waals surface area contributed by atoms with Gasteiger partial charge < -0.3 is 20.9 Å². The van der Waals surface area contributed by atoms with E-state index in [-0.39, 0.29) is 12.5 Å². The molecule has 4 N–H and O–H groups in total. The molecule has 1 rings (SSSR count). The van der Waals surface area contributed by atoms with Gasteiger partial charge in [0.25, 0.3) is 0 Å². The van der Waals surface area contributed by atoms with Crippen LogP contribution in [0, 0.1) is 0 Å². The van der Waals surface area contributed by atoms with E-state index in [1.165, 1.54) is 6.20 Å². The number of anilines is 1. The van der Waals surface area contributed by atoms with Crippen LogP contribution in [0.3, 0.4) is 0 Å². The predicted octanol–water partition coefficient (Wildman–Crippen LogP) is -0.867. The molecule has 0 aliphatic rings. The van der Waals surface area contributed by atoms with Gasteiger partial charge in [0, 0.05) is 12.3 Å². The number of aliphatic hydroxyl groups excluding tert-OH is 1. The van der Waals surface area contributed by atoms with E-state index in [4.69, 9.17) is 15.6 Å². The summed E-state index contributed by atoms with van der Waals surface area (Å²) in [5.41, 5.74) is 4.88. The van der Waals surface area contributed by atoms with Crippen LogP contribution < -0.4 is 15.8 Å².